The van der Waals surface area contributed by atoms with Crippen molar-refractivity contribution in [2.24, 2.45) is 0 Å². The van der Waals surface area contributed by atoms with Crippen LogP contribution in [0.15, 0.2) is 4.42 Å². The summed E-state index contributed by atoms with van der Waals surface area (Å²) < 4.78 is 5.41. The summed E-state index contributed by atoms with van der Waals surface area (Å²) in [6, 6.07) is -0.897. The highest BCUT2D eigenvalue weighted by molar-refractivity contribution is 5.95. The zero-order chi connectivity index (χ0) is 13.3. The normalized spacial score (nSPS) is 16.3. The van der Waals surface area contributed by atoms with Gasteiger partial charge in [0.25, 0.3) is 5.91 Å². The van der Waals surface area contributed by atoms with Crippen LogP contribution in [0.3, 0.4) is 0 Å². The molecule has 98 valence electrons. The fraction of sp³-hybridized carbons (Fsp3) is 0.583. The molecule has 1 fully saturated rings. The van der Waals surface area contributed by atoms with Gasteiger partial charge in [-0.2, -0.15) is 0 Å². The molecule has 1 saturated carbocycles. The lowest BCUT2D eigenvalue weighted by molar-refractivity contribution is -0.139. The zero-order valence-electron chi connectivity index (χ0n) is 10.4. The fourth-order valence-corrected chi connectivity index (χ4v) is 1.70. The number of carbonyl (C=O) groups excluding carboxylic acids is 1. The van der Waals surface area contributed by atoms with Gasteiger partial charge in [-0.1, -0.05) is 6.92 Å². The van der Waals surface area contributed by atoms with Gasteiger partial charge < -0.3 is 14.8 Å². The number of hydrogen-bond acceptors (Lipinski definition) is 4. The number of aliphatic carboxylic acids is 1. The van der Waals surface area contributed by atoms with Crippen molar-refractivity contribution >= 4 is 11.9 Å². The van der Waals surface area contributed by atoms with Crippen molar-refractivity contribution in [2.45, 2.75) is 45.1 Å². The average molecular weight is 252 g/mol. The summed E-state index contributed by atoms with van der Waals surface area (Å²) in [4.78, 5) is 26.9. The highest BCUT2D eigenvalue weighted by Gasteiger charge is 2.31. The molecule has 18 heavy (non-hydrogen) atoms. The first-order valence-corrected chi connectivity index (χ1v) is 6.04. The lowest BCUT2D eigenvalue weighted by Gasteiger charge is -2.10. The Morgan fingerprint density at radius 2 is 2.22 bits per heavy atom. The molecule has 1 atom stereocenters. The molecule has 0 bridgehead atoms. The Hall–Kier alpha value is -1.85. The highest BCUT2D eigenvalue weighted by Crippen LogP contribution is 2.40. The predicted molar refractivity (Wildman–Crippen MR) is 62.4 cm³/mol. The number of aromatic nitrogens is 1. The Labute approximate surface area is 104 Å². The standard InChI is InChI=1S/C12H16N2O4/c1-3-8(12(16)17)14-10(15)9-6(2)13-11(18-9)7-4-5-7/h7-8H,3-5H2,1-2H3,(H,14,15)(H,16,17)/t8-/m0/s1. The van der Waals surface area contributed by atoms with Crippen molar-refractivity contribution in [2.75, 3.05) is 0 Å². The summed E-state index contributed by atoms with van der Waals surface area (Å²) in [5, 5.41) is 11.3. The molecule has 6 heteroatoms. The molecule has 0 saturated heterocycles. The second-order valence-corrected chi connectivity index (χ2v) is 4.51. The summed E-state index contributed by atoms with van der Waals surface area (Å²) in [6.45, 7) is 3.38. The Morgan fingerprint density at radius 3 is 2.72 bits per heavy atom. The molecular formula is C12H16N2O4. The predicted octanol–water partition coefficient (Wildman–Crippen LogP) is 1.45. The molecule has 1 aromatic rings. The van der Waals surface area contributed by atoms with Gasteiger partial charge in [0, 0.05) is 5.92 Å². The first kappa shape index (κ1) is 12.6. The van der Waals surface area contributed by atoms with Crippen molar-refractivity contribution in [3.63, 3.8) is 0 Å². The minimum atomic E-state index is -1.05. The lowest BCUT2D eigenvalue weighted by Crippen LogP contribution is -2.40. The molecule has 1 heterocycles. The highest BCUT2D eigenvalue weighted by atomic mass is 16.4. The van der Waals surface area contributed by atoms with Crippen molar-refractivity contribution in [1.29, 1.82) is 0 Å². The van der Waals surface area contributed by atoms with Gasteiger partial charge >= 0.3 is 5.97 Å². The Balaban J connectivity index is 2.10. The van der Waals surface area contributed by atoms with Crippen molar-refractivity contribution < 1.29 is 19.1 Å². The molecule has 1 aromatic heterocycles. The third-order valence-corrected chi connectivity index (χ3v) is 2.96. The van der Waals surface area contributed by atoms with E-state index in [0.717, 1.165) is 12.8 Å². The van der Waals surface area contributed by atoms with Gasteiger partial charge in [0.1, 0.15) is 6.04 Å². The maximum atomic E-state index is 11.9. The van der Waals surface area contributed by atoms with Crippen molar-refractivity contribution in [1.82, 2.24) is 10.3 Å². The molecule has 0 aliphatic heterocycles. The summed E-state index contributed by atoms with van der Waals surface area (Å²) in [7, 11) is 0. The van der Waals surface area contributed by atoms with E-state index >= 15 is 0 Å². The van der Waals surface area contributed by atoms with E-state index in [1.165, 1.54) is 0 Å². The summed E-state index contributed by atoms with van der Waals surface area (Å²) in [5.41, 5.74) is 0.509. The van der Waals surface area contributed by atoms with E-state index in [4.69, 9.17) is 9.52 Å². The van der Waals surface area contributed by atoms with Gasteiger partial charge in [-0.3, -0.25) is 4.79 Å². The van der Waals surface area contributed by atoms with Gasteiger partial charge in [0.05, 0.1) is 5.69 Å². The van der Waals surface area contributed by atoms with E-state index in [-0.39, 0.29) is 5.76 Å². The molecule has 1 aliphatic rings. The first-order chi connectivity index (χ1) is 8.52. The second kappa shape index (κ2) is 4.80. The molecular weight excluding hydrogens is 236 g/mol. The number of carboxylic acid groups (broad SMARTS) is 1. The van der Waals surface area contributed by atoms with Crippen LogP contribution in [0.5, 0.6) is 0 Å². The third kappa shape index (κ3) is 2.52. The number of aryl methyl sites for hydroxylation is 1. The Morgan fingerprint density at radius 1 is 1.56 bits per heavy atom. The lowest BCUT2D eigenvalue weighted by atomic mass is 10.2. The van der Waals surface area contributed by atoms with E-state index in [1.807, 2.05) is 0 Å². The first-order valence-electron chi connectivity index (χ1n) is 6.04. The number of amides is 1. The van der Waals surface area contributed by atoms with Crippen molar-refractivity contribution in [3.8, 4) is 0 Å². The van der Waals surface area contributed by atoms with Crippen LogP contribution in [0, 0.1) is 6.92 Å². The van der Waals surface area contributed by atoms with Crippen LogP contribution in [0.25, 0.3) is 0 Å². The quantitative estimate of drug-likeness (QED) is 0.827. The number of oxazole rings is 1. The summed E-state index contributed by atoms with van der Waals surface area (Å²) in [5.74, 6) is -0.532. The van der Waals surface area contributed by atoms with Gasteiger partial charge in [-0.25, -0.2) is 9.78 Å². The zero-order valence-corrected chi connectivity index (χ0v) is 10.4. The Bertz CT molecular complexity index is 476. The summed E-state index contributed by atoms with van der Waals surface area (Å²) >= 11 is 0. The molecule has 0 unspecified atom stereocenters. The number of carbonyl (C=O) groups is 2. The van der Waals surface area contributed by atoms with E-state index in [2.05, 4.69) is 10.3 Å². The number of nitrogens with zero attached hydrogens (tertiary/aromatic N) is 1. The molecule has 1 aliphatic carbocycles. The van der Waals surface area contributed by atoms with Crippen LogP contribution in [0.1, 0.15) is 54.2 Å². The minimum Gasteiger partial charge on any atom is -0.480 e. The summed E-state index contributed by atoms with van der Waals surface area (Å²) in [6.07, 6.45) is 2.39. The number of rotatable bonds is 5. The van der Waals surface area contributed by atoms with Gasteiger partial charge in [-0.15, -0.1) is 0 Å². The average Bonchev–Trinajstić information content (AvgIpc) is 3.09. The van der Waals surface area contributed by atoms with Crippen LogP contribution in [-0.2, 0) is 4.79 Å². The monoisotopic (exact) mass is 252 g/mol. The number of hydrogen-bond donors (Lipinski definition) is 2. The van der Waals surface area contributed by atoms with Crippen LogP contribution in [0.4, 0.5) is 0 Å². The van der Waals surface area contributed by atoms with Crippen LogP contribution >= 0.6 is 0 Å². The minimum absolute atomic E-state index is 0.122. The van der Waals surface area contributed by atoms with Crippen LogP contribution in [0.2, 0.25) is 0 Å². The molecule has 2 rings (SSSR count). The van der Waals surface area contributed by atoms with E-state index in [0.29, 0.717) is 23.9 Å². The van der Waals surface area contributed by atoms with E-state index < -0.39 is 17.9 Å². The molecule has 0 aromatic carbocycles. The van der Waals surface area contributed by atoms with Crippen molar-refractivity contribution in [3.05, 3.63) is 17.3 Å². The maximum Gasteiger partial charge on any atom is 0.326 e. The molecule has 2 N–H and O–H groups in total. The van der Waals surface area contributed by atoms with E-state index in [1.54, 1.807) is 13.8 Å². The van der Waals surface area contributed by atoms with E-state index in [9.17, 15) is 9.59 Å². The number of nitrogens with one attached hydrogen (secondary N) is 1. The number of carboxylic acids is 1. The Kier molecular flexibility index (Phi) is 3.36. The third-order valence-electron chi connectivity index (χ3n) is 2.96. The molecule has 1 amide bonds. The molecule has 6 nitrogen and oxygen atoms in total. The SMILES string of the molecule is CC[C@H](NC(=O)c1oc(C2CC2)nc1C)C(=O)O. The smallest absolute Gasteiger partial charge is 0.326 e. The van der Waals surface area contributed by atoms with Gasteiger partial charge in [0.15, 0.2) is 5.89 Å². The van der Waals surface area contributed by atoms with Gasteiger partial charge in [0.2, 0.25) is 5.76 Å². The molecule has 0 radical (unpaired) electrons. The van der Waals surface area contributed by atoms with Crippen LogP contribution < -0.4 is 5.32 Å². The van der Waals surface area contributed by atoms with Gasteiger partial charge in [-0.05, 0) is 26.2 Å². The topological polar surface area (TPSA) is 92.4 Å². The fourth-order valence-electron chi connectivity index (χ4n) is 1.70. The largest absolute Gasteiger partial charge is 0.480 e. The van der Waals surface area contributed by atoms with Crippen LogP contribution in [-0.4, -0.2) is 28.0 Å². The second-order valence-electron chi connectivity index (χ2n) is 4.51. The maximum absolute atomic E-state index is 11.9. The molecule has 0 spiro atoms.